The lowest BCUT2D eigenvalue weighted by Gasteiger charge is -2.32. The molecular formula is C45H29N3O2S. The maximum Gasteiger partial charge on any atom is 0.144 e. The van der Waals surface area contributed by atoms with Crippen LogP contribution in [-0.4, -0.2) is 5.84 Å². The predicted molar refractivity (Wildman–Crippen MR) is 210 cm³/mol. The van der Waals surface area contributed by atoms with E-state index in [4.69, 9.17) is 13.8 Å². The molecule has 10 aromatic rings. The van der Waals surface area contributed by atoms with Crippen molar-refractivity contribution >= 4 is 81.2 Å². The van der Waals surface area contributed by atoms with Crippen LogP contribution in [0.2, 0.25) is 0 Å². The third-order valence-electron chi connectivity index (χ3n) is 10.2. The van der Waals surface area contributed by atoms with Gasteiger partial charge in [0.1, 0.15) is 40.5 Å². The van der Waals surface area contributed by atoms with Gasteiger partial charge in [-0.2, -0.15) is 0 Å². The van der Waals surface area contributed by atoms with Gasteiger partial charge in [-0.1, -0.05) is 115 Å². The van der Waals surface area contributed by atoms with Crippen LogP contribution in [0, 0.1) is 0 Å². The highest BCUT2D eigenvalue weighted by atomic mass is 32.1. The van der Waals surface area contributed by atoms with Crippen molar-refractivity contribution in [3.05, 3.63) is 168 Å². The average Bonchev–Trinajstić information content (AvgIpc) is 3.89. The molecule has 7 aromatic carbocycles. The molecule has 2 N–H and O–H groups in total. The van der Waals surface area contributed by atoms with Gasteiger partial charge in [-0.25, -0.2) is 4.99 Å². The van der Waals surface area contributed by atoms with Gasteiger partial charge in [0.2, 0.25) is 0 Å². The number of aliphatic imine (C=N–C) groups is 1. The van der Waals surface area contributed by atoms with Gasteiger partial charge in [0, 0.05) is 52.8 Å². The highest BCUT2D eigenvalue weighted by Gasteiger charge is 2.29. The minimum Gasteiger partial charge on any atom is -0.456 e. The van der Waals surface area contributed by atoms with Gasteiger partial charge >= 0.3 is 0 Å². The van der Waals surface area contributed by atoms with Crippen molar-refractivity contribution in [2.24, 2.45) is 4.99 Å². The van der Waals surface area contributed by atoms with E-state index in [9.17, 15) is 0 Å². The summed E-state index contributed by atoms with van der Waals surface area (Å²) in [7, 11) is 0. The summed E-state index contributed by atoms with van der Waals surface area (Å²) < 4.78 is 15.6. The maximum atomic E-state index is 6.59. The first-order valence-electron chi connectivity index (χ1n) is 17.2. The second-order valence-electron chi connectivity index (χ2n) is 13.1. The summed E-state index contributed by atoms with van der Waals surface area (Å²) in [6.45, 7) is 0. The van der Waals surface area contributed by atoms with Gasteiger partial charge in [0.15, 0.2) is 0 Å². The Balaban J connectivity index is 1.10. The molecule has 4 heterocycles. The normalized spacial score (nSPS) is 16.4. The number of rotatable bonds is 4. The fraction of sp³-hybridized carbons (Fsp3) is 0.0444. The molecule has 1 aliphatic rings. The summed E-state index contributed by atoms with van der Waals surface area (Å²) in [5.74, 6) is 0.810. The molecule has 0 amide bonds. The molecule has 0 fully saturated rings. The number of para-hydroxylation sites is 1. The molecule has 51 heavy (non-hydrogen) atoms. The van der Waals surface area contributed by atoms with Gasteiger partial charge in [0.25, 0.3) is 0 Å². The van der Waals surface area contributed by atoms with E-state index in [0.717, 1.165) is 77.4 Å². The number of fused-ring (bicyclic) bond motifs is 10. The number of benzene rings is 7. The van der Waals surface area contributed by atoms with E-state index in [1.54, 1.807) is 0 Å². The van der Waals surface area contributed by atoms with Gasteiger partial charge in [0.05, 0.1) is 0 Å². The van der Waals surface area contributed by atoms with E-state index < -0.39 is 0 Å². The van der Waals surface area contributed by atoms with Crippen LogP contribution in [0.5, 0.6) is 0 Å². The highest BCUT2D eigenvalue weighted by molar-refractivity contribution is 7.26. The predicted octanol–water partition coefficient (Wildman–Crippen LogP) is 11.9. The van der Waals surface area contributed by atoms with Crippen LogP contribution < -0.4 is 10.6 Å². The van der Waals surface area contributed by atoms with Crippen LogP contribution in [0.15, 0.2) is 165 Å². The largest absolute Gasteiger partial charge is 0.456 e. The van der Waals surface area contributed by atoms with Crippen molar-refractivity contribution in [1.82, 2.24) is 10.6 Å². The van der Waals surface area contributed by atoms with Crippen molar-refractivity contribution in [3.63, 3.8) is 0 Å². The monoisotopic (exact) mass is 675 g/mol. The lowest BCUT2D eigenvalue weighted by molar-refractivity contribution is 0.411. The molecule has 242 valence electrons. The smallest absolute Gasteiger partial charge is 0.144 e. The molecule has 5 nitrogen and oxygen atoms in total. The minimum absolute atomic E-state index is 0.243. The Morgan fingerprint density at radius 1 is 0.549 bits per heavy atom. The first-order valence-corrected chi connectivity index (χ1v) is 18.0. The number of hydrogen-bond acceptors (Lipinski definition) is 6. The van der Waals surface area contributed by atoms with E-state index in [2.05, 4.69) is 144 Å². The van der Waals surface area contributed by atoms with E-state index in [1.807, 2.05) is 29.5 Å². The Kier molecular flexibility index (Phi) is 6.26. The molecule has 0 saturated heterocycles. The summed E-state index contributed by atoms with van der Waals surface area (Å²) in [5.41, 5.74) is 9.09. The van der Waals surface area contributed by atoms with Crippen molar-refractivity contribution in [2.45, 2.75) is 12.3 Å². The topological polar surface area (TPSA) is 62.7 Å². The Morgan fingerprint density at radius 2 is 1.31 bits per heavy atom. The van der Waals surface area contributed by atoms with Crippen LogP contribution in [0.1, 0.15) is 29.0 Å². The van der Waals surface area contributed by atoms with E-state index in [-0.39, 0.29) is 12.3 Å². The first kappa shape index (κ1) is 28.6. The summed E-state index contributed by atoms with van der Waals surface area (Å²) >= 11 is 1.81. The summed E-state index contributed by atoms with van der Waals surface area (Å²) in [6, 6.07) is 53.0. The van der Waals surface area contributed by atoms with Crippen molar-refractivity contribution in [3.8, 4) is 11.1 Å². The minimum atomic E-state index is -0.273. The molecule has 2 unspecified atom stereocenters. The molecule has 2 atom stereocenters. The van der Waals surface area contributed by atoms with E-state index in [1.165, 1.54) is 20.3 Å². The van der Waals surface area contributed by atoms with Gasteiger partial charge in [-0.05, 0) is 53.1 Å². The van der Waals surface area contributed by atoms with Crippen molar-refractivity contribution in [1.29, 1.82) is 0 Å². The summed E-state index contributed by atoms with van der Waals surface area (Å²) in [4.78, 5) is 5.29. The lowest BCUT2D eigenvalue weighted by Crippen LogP contribution is -2.45. The van der Waals surface area contributed by atoms with Crippen LogP contribution in [0.3, 0.4) is 0 Å². The number of furan rings is 2. The highest BCUT2D eigenvalue weighted by Crippen LogP contribution is 2.46. The zero-order chi connectivity index (χ0) is 33.5. The maximum absolute atomic E-state index is 6.59. The SMILES string of the molecule is c1ccc(-c2cccc3oc4cc(C5=NC(c6ccccc6)NC(c6cc7c8ccccc8oc7c7c6sc6ccccc67)N5)ccc4c23)cc1. The van der Waals surface area contributed by atoms with Crippen LogP contribution in [-0.2, 0) is 0 Å². The molecule has 1 aliphatic heterocycles. The molecule has 0 aliphatic carbocycles. The number of thiophene rings is 1. The Morgan fingerprint density at radius 3 is 2.20 bits per heavy atom. The third-order valence-corrected chi connectivity index (χ3v) is 11.4. The second kappa shape index (κ2) is 11.2. The molecule has 0 spiro atoms. The molecule has 0 bridgehead atoms. The Labute approximate surface area is 296 Å². The second-order valence-corrected chi connectivity index (χ2v) is 14.2. The summed E-state index contributed by atoms with van der Waals surface area (Å²) in [6.07, 6.45) is -0.517. The quantitative estimate of drug-likeness (QED) is 0.195. The molecule has 0 radical (unpaired) electrons. The third kappa shape index (κ3) is 4.47. The number of amidine groups is 1. The van der Waals surface area contributed by atoms with Crippen molar-refractivity contribution < 1.29 is 8.83 Å². The fourth-order valence-electron chi connectivity index (χ4n) is 7.81. The van der Waals surface area contributed by atoms with Gasteiger partial charge in [-0.3, -0.25) is 5.32 Å². The fourth-order valence-corrected chi connectivity index (χ4v) is 9.05. The zero-order valence-corrected chi connectivity index (χ0v) is 28.1. The average molecular weight is 676 g/mol. The first-order chi connectivity index (χ1) is 25.3. The van der Waals surface area contributed by atoms with E-state index in [0.29, 0.717) is 0 Å². The number of hydrogen-bond donors (Lipinski definition) is 2. The Hall–Kier alpha value is -6.21. The van der Waals surface area contributed by atoms with Crippen LogP contribution in [0.25, 0.3) is 75.2 Å². The van der Waals surface area contributed by atoms with Gasteiger partial charge in [-0.15, -0.1) is 11.3 Å². The standard InChI is InChI=1S/C45H29N3O2S/c1-3-12-26(13-4-1)29-18-11-20-36-39(29)31-23-22-28(24-37(31)49-36)44-46-43(27-14-5-2-6-15-27)47-45(48-44)34-25-33-30-16-7-9-19-35(30)50-41(33)40-32-17-8-10-21-38(32)51-42(34)40/h1-25,43,45,47H,(H,46,48). The molecular weight excluding hydrogens is 647 g/mol. The van der Waals surface area contributed by atoms with Gasteiger partial charge < -0.3 is 14.2 Å². The molecule has 3 aromatic heterocycles. The van der Waals surface area contributed by atoms with Crippen LogP contribution >= 0.6 is 11.3 Å². The molecule has 0 saturated carbocycles. The Bertz CT molecular complexity index is 2990. The molecule has 6 heteroatoms. The zero-order valence-electron chi connectivity index (χ0n) is 27.3. The number of nitrogens with zero attached hydrogens (tertiary/aromatic N) is 1. The molecule has 11 rings (SSSR count). The lowest BCUT2D eigenvalue weighted by atomic mass is 9.98. The van der Waals surface area contributed by atoms with E-state index >= 15 is 0 Å². The van der Waals surface area contributed by atoms with Crippen LogP contribution in [0.4, 0.5) is 0 Å². The summed E-state index contributed by atoms with van der Waals surface area (Å²) in [5, 5.41) is 14.5. The van der Waals surface area contributed by atoms with Crippen molar-refractivity contribution in [2.75, 3.05) is 0 Å². The number of nitrogens with one attached hydrogen (secondary N) is 2.